The number of aromatic nitrogens is 2. The molecule has 0 saturated carbocycles. The van der Waals surface area contributed by atoms with Gasteiger partial charge in [0.2, 0.25) is 12.0 Å². The second-order valence-corrected chi connectivity index (χ2v) is 6.35. The van der Waals surface area contributed by atoms with Crippen LogP contribution in [0.25, 0.3) is 11.0 Å². The van der Waals surface area contributed by atoms with Crippen molar-refractivity contribution in [3.63, 3.8) is 0 Å². The number of rotatable bonds is 5. The summed E-state index contributed by atoms with van der Waals surface area (Å²) in [5.74, 6) is 0.378. The van der Waals surface area contributed by atoms with E-state index in [4.69, 9.17) is 15.2 Å². The number of likely N-dealkylation sites (tertiary alicyclic amines) is 1. The van der Waals surface area contributed by atoms with E-state index in [2.05, 4.69) is 9.97 Å². The van der Waals surface area contributed by atoms with Crippen LogP contribution in [0.15, 0.2) is 24.4 Å². The summed E-state index contributed by atoms with van der Waals surface area (Å²) < 4.78 is 50.6. The van der Waals surface area contributed by atoms with Crippen LogP contribution in [0.3, 0.4) is 0 Å². The van der Waals surface area contributed by atoms with Crippen LogP contribution in [-0.2, 0) is 0 Å². The Balaban J connectivity index is 1.76. The van der Waals surface area contributed by atoms with E-state index in [0.717, 1.165) is 0 Å². The molecule has 1 fully saturated rings. The van der Waals surface area contributed by atoms with E-state index in [1.807, 2.05) is 0 Å². The average Bonchev–Trinajstić information content (AvgIpc) is 2.61. The highest BCUT2D eigenvalue weighted by atomic mass is 19.4. The number of nitrogens with two attached hydrogens (primary N) is 1. The molecule has 2 aromatic rings. The van der Waals surface area contributed by atoms with Crippen molar-refractivity contribution in [1.29, 1.82) is 0 Å². The zero-order chi connectivity index (χ0) is 18.7. The SMILES string of the molecule is COc1ccc2ncc(OC(CN3CCC(N)CC3)C(F)(F)F)nc2c1. The molecule has 6 nitrogen and oxygen atoms in total. The number of nitrogens with zero attached hydrogens (tertiary/aromatic N) is 3. The summed E-state index contributed by atoms with van der Waals surface area (Å²) in [5, 5.41) is 0. The van der Waals surface area contributed by atoms with E-state index in [1.54, 1.807) is 23.1 Å². The molecular weight excluding hydrogens is 349 g/mol. The first-order valence-corrected chi connectivity index (χ1v) is 8.37. The van der Waals surface area contributed by atoms with Crippen molar-refractivity contribution < 1.29 is 22.6 Å². The number of benzene rings is 1. The van der Waals surface area contributed by atoms with Gasteiger partial charge in [-0.1, -0.05) is 0 Å². The van der Waals surface area contributed by atoms with Crippen LogP contribution in [0.1, 0.15) is 12.8 Å². The van der Waals surface area contributed by atoms with Crippen LogP contribution in [0, 0.1) is 0 Å². The van der Waals surface area contributed by atoms with Gasteiger partial charge in [0.05, 0.1) is 24.3 Å². The Morgan fingerprint density at radius 3 is 2.65 bits per heavy atom. The lowest BCUT2D eigenvalue weighted by Crippen LogP contribution is -2.48. The van der Waals surface area contributed by atoms with Crippen LogP contribution in [0.5, 0.6) is 11.6 Å². The first-order chi connectivity index (χ1) is 12.3. The van der Waals surface area contributed by atoms with Gasteiger partial charge in [-0.3, -0.25) is 4.90 Å². The van der Waals surface area contributed by atoms with Crippen molar-refractivity contribution in [2.45, 2.75) is 31.2 Å². The van der Waals surface area contributed by atoms with Crippen LogP contribution in [-0.4, -0.2) is 59.9 Å². The topological polar surface area (TPSA) is 73.5 Å². The monoisotopic (exact) mass is 370 g/mol. The predicted molar refractivity (Wildman–Crippen MR) is 90.2 cm³/mol. The Bertz CT molecular complexity index is 748. The maximum Gasteiger partial charge on any atom is 0.426 e. The van der Waals surface area contributed by atoms with Crippen molar-refractivity contribution in [2.24, 2.45) is 5.73 Å². The quantitative estimate of drug-likeness (QED) is 0.871. The van der Waals surface area contributed by atoms with Gasteiger partial charge in [0, 0.05) is 18.7 Å². The molecule has 2 N–H and O–H groups in total. The number of alkyl halides is 3. The lowest BCUT2D eigenvalue weighted by molar-refractivity contribution is -0.200. The van der Waals surface area contributed by atoms with Gasteiger partial charge in [-0.2, -0.15) is 13.2 Å². The molecule has 1 saturated heterocycles. The second-order valence-electron chi connectivity index (χ2n) is 6.35. The molecule has 1 unspecified atom stereocenters. The third kappa shape index (κ3) is 4.53. The summed E-state index contributed by atoms with van der Waals surface area (Å²) >= 11 is 0. The maximum absolute atomic E-state index is 13.4. The van der Waals surface area contributed by atoms with Crippen LogP contribution >= 0.6 is 0 Å². The van der Waals surface area contributed by atoms with E-state index in [1.165, 1.54) is 13.3 Å². The molecule has 3 rings (SSSR count). The summed E-state index contributed by atoms with van der Waals surface area (Å²) in [6.07, 6.45) is -3.92. The standard InChI is InChI=1S/C17H21F3N4O2/c1-25-12-2-3-13-14(8-12)23-16(9-22-13)26-15(17(18,19)20)10-24-6-4-11(21)5-7-24/h2-3,8-9,11,15H,4-7,10,21H2,1H3. The molecular formula is C17H21F3N4O2. The van der Waals surface area contributed by atoms with Gasteiger partial charge in [-0.15, -0.1) is 0 Å². The Morgan fingerprint density at radius 1 is 1.27 bits per heavy atom. The number of halogens is 3. The third-order valence-corrected chi connectivity index (χ3v) is 4.41. The summed E-state index contributed by atoms with van der Waals surface area (Å²) in [4.78, 5) is 9.97. The molecule has 1 aliphatic rings. The average molecular weight is 370 g/mol. The minimum Gasteiger partial charge on any atom is -0.497 e. The van der Waals surface area contributed by atoms with Crippen LogP contribution < -0.4 is 15.2 Å². The number of ether oxygens (including phenoxy) is 2. The maximum atomic E-state index is 13.4. The molecule has 0 radical (unpaired) electrons. The lowest BCUT2D eigenvalue weighted by atomic mass is 10.1. The molecule has 1 aromatic carbocycles. The predicted octanol–water partition coefficient (Wildman–Crippen LogP) is 2.37. The molecule has 2 heterocycles. The van der Waals surface area contributed by atoms with Gasteiger partial charge in [0.1, 0.15) is 5.75 Å². The molecule has 1 aromatic heterocycles. The minimum absolute atomic E-state index is 0.0536. The largest absolute Gasteiger partial charge is 0.497 e. The van der Waals surface area contributed by atoms with E-state index in [0.29, 0.717) is 42.7 Å². The summed E-state index contributed by atoms with van der Waals surface area (Å²) in [6, 6.07) is 5.04. The number of hydrogen-bond acceptors (Lipinski definition) is 6. The van der Waals surface area contributed by atoms with Crippen LogP contribution in [0.4, 0.5) is 13.2 Å². The first-order valence-electron chi connectivity index (χ1n) is 8.37. The fourth-order valence-corrected chi connectivity index (χ4v) is 2.88. The Hall–Kier alpha value is -2.13. The second kappa shape index (κ2) is 7.63. The van der Waals surface area contributed by atoms with Crippen molar-refractivity contribution in [2.75, 3.05) is 26.7 Å². The van der Waals surface area contributed by atoms with Crippen molar-refractivity contribution in [3.05, 3.63) is 24.4 Å². The minimum atomic E-state index is -4.51. The number of methoxy groups -OCH3 is 1. The van der Waals surface area contributed by atoms with Gasteiger partial charge < -0.3 is 15.2 Å². The third-order valence-electron chi connectivity index (χ3n) is 4.41. The molecule has 0 aliphatic carbocycles. The first kappa shape index (κ1) is 18.7. The molecule has 1 atom stereocenters. The van der Waals surface area contributed by atoms with E-state index >= 15 is 0 Å². The smallest absolute Gasteiger partial charge is 0.426 e. The number of fused-ring (bicyclic) bond motifs is 1. The Labute approximate surface area is 149 Å². The summed E-state index contributed by atoms with van der Waals surface area (Å²) in [5.41, 5.74) is 6.76. The fraction of sp³-hybridized carbons (Fsp3) is 0.529. The van der Waals surface area contributed by atoms with E-state index in [-0.39, 0.29) is 18.5 Å². The molecule has 9 heteroatoms. The van der Waals surface area contributed by atoms with Gasteiger partial charge in [0.25, 0.3) is 0 Å². The highest BCUT2D eigenvalue weighted by Crippen LogP contribution is 2.27. The van der Waals surface area contributed by atoms with Crippen molar-refractivity contribution >= 4 is 11.0 Å². The Morgan fingerprint density at radius 2 is 2.00 bits per heavy atom. The van der Waals surface area contributed by atoms with Gasteiger partial charge in [0.15, 0.2) is 0 Å². The highest BCUT2D eigenvalue weighted by molar-refractivity contribution is 5.76. The van der Waals surface area contributed by atoms with E-state index < -0.39 is 12.3 Å². The number of hydrogen-bond donors (Lipinski definition) is 1. The molecule has 1 aliphatic heterocycles. The Kier molecular flexibility index (Phi) is 5.47. The normalized spacial score (nSPS) is 18.0. The highest BCUT2D eigenvalue weighted by Gasteiger charge is 2.43. The molecule has 0 amide bonds. The molecule has 26 heavy (non-hydrogen) atoms. The van der Waals surface area contributed by atoms with E-state index in [9.17, 15) is 13.2 Å². The zero-order valence-electron chi connectivity index (χ0n) is 14.4. The van der Waals surface area contributed by atoms with Gasteiger partial charge >= 0.3 is 6.18 Å². The summed E-state index contributed by atoms with van der Waals surface area (Å²) in [6.45, 7) is 0.795. The fourth-order valence-electron chi connectivity index (χ4n) is 2.88. The van der Waals surface area contributed by atoms with Crippen LogP contribution in [0.2, 0.25) is 0 Å². The van der Waals surface area contributed by atoms with Gasteiger partial charge in [-0.25, -0.2) is 9.97 Å². The van der Waals surface area contributed by atoms with Crippen molar-refractivity contribution in [3.8, 4) is 11.6 Å². The van der Waals surface area contributed by atoms with Gasteiger partial charge in [-0.05, 0) is 38.1 Å². The lowest BCUT2D eigenvalue weighted by Gasteiger charge is -2.33. The summed E-state index contributed by atoms with van der Waals surface area (Å²) in [7, 11) is 1.50. The van der Waals surface area contributed by atoms with Crippen molar-refractivity contribution in [1.82, 2.24) is 14.9 Å². The molecule has 142 valence electrons. The zero-order valence-corrected chi connectivity index (χ0v) is 14.4. The number of piperidine rings is 1. The molecule has 0 spiro atoms. The molecule has 0 bridgehead atoms.